The molecular formula is C14H20BrF2N. The van der Waals surface area contributed by atoms with Crippen molar-refractivity contribution < 1.29 is 8.78 Å². The minimum Gasteiger partial charge on any atom is -0.324 e. The summed E-state index contributed by atoms with van der Waals surface area (Å²) in [7, 11) is 0. The maximum absolute atomic E-state index is 13.4. The van der Waals surface area contributed by atoms with Gasteiger partial charge in [0.2, 0.25) is 0 Å². The van der Waals surface area contributed by atoms with Crippen LogP contribution in [0.2, 0.25) is 0 Å². The molecule has 1 nitrogen and oxygen atoms in total. The second kappa shape index (κ2) is 7.85. The minimum absolute atomic E-state index is 0.156. The second-order valence-corrected chi connectivity index (χ2v) is 5.37. The Morgan fingerprint density at radius 3 is 2.50 bits per heavy atom. The summed E-state index contributed by atoms with van der Waals surface area (Å²) >= 11 is 3.07. The van der Waals surface area contributed by atoms with E-state index in [9.17, 15) is 8.78 Å². The van der Waals surface area contributed by atoms with Crippen LogP contribution in [0, 0.1) is 11.6 Å². The molecule has 1 aromatic rings. The molecule has 1 atom stereocenters. The van der Waals surface area contributed by atoms with Crippen LogP contribution >= 0.6 is 15.9 Å². The average Bonchev–Trinajstić information content (AvgIpc) is 2.35. The zero-order valence-corrected chi connectivity index (χ0v) is 12.3. The topological polar surface area (TPSA) is 26.0 Å². The van der Waals surface area contributed by atoms with Gasteiger partial charge in [-0.2, -0.15) is 0 Å². The quantitative estimate of drug-likeness (QED) is 0.550. The summed E-state index contributed by atoms with van der Waals surface area (Å²) in [6.45, 7) is 2.17. The van der Waals surface area contributed by atoms with E-state index in [1.54, 1.807) is 6.07 Å². The first-order valence-corrected chi connectivity index (χ1v) is 7.26. The van der Waals surface area contributed by atoms with Crippen LogP contribution in [-0.4, -0.2) is 0 Å². The van der Waals surface area contributed by atoms with Gasteiger partial charge < -0.3 is 5.73 Å². The summed E-state index contributed by atoms with van der Waals surface area (Å²) in [6, 6.07) is 2.45. The predicted molar refractivity (Wildman–Crippen MR) is 74.4 cm³/mol. The molecule has 0 radical (unpaired) electrons. The van der Waals surface area contributed by atoms with Crippen molar-refractivity contribution in [3.05, 3.63) is 33.8 Å². The number of unbranched alkanes of at least 4 members (excludes halogenated alkanes) is 4. The molecule has 1 aromatic carbocycles. The maximum atomic E-state index is 13.4. The van der Waals surface area contributed by atoms with Gasteiger partial charge in [-0.25, -0.2) is 8.78 Å². The van der Waals surface area contributed by atoms with E-state index in [0.29, 0.717) is 5.56 Å². The molecule has 1 unspecified atom stereocenters. The SMILES string of the molecule is CCCCCCCC(N)c1ccc(F)c(F)c1Br. The fourth-order valence-corrected chi connectivity index (χ4v) is 2.57. The number of hydrogen-bond donors (Lipinski definition) is 1. The van der Waals surface area contributed by atoms with Crippen LogP contribution in [0.3, 0.4) is 0 Å². The fourth-order valence-electron chi connectivity index (χ4n) is 1.95. The first-order valence-electron chi connectivity index (χ1n) is 6.46. The smallest absolute Gasteiger partial charge is 0.173 e. The lowest BCUT2D eigenvalue weighted by atomic mass is 10.0. The molecule has 2 N–H and O–H groups in total. The Balaban J connectivity index is 2.51. The average molecular weight is 320 g/mol. The summed E-state index contributed by atoms with van der Waals surface area (Å²) < 4.78 is 26.5. The van der Waals surface area contributed by atoms with Gasteiger partial charge in [0.1, 0.15) is 0 Å². The van der Waals surface area contributed by atoms with E-state index in [0.717, 1.165) is 25.3 Å². The first kappa shape index (κ1) is 15.6. The van der Waals surface area contributed by atoms with Gasteiger partial charge in [0.25, 0.3) is 0 Å². The molecule has 0 aliphatic heterocycles. The maximum Gasteiger partial charge on any atom is 0.173 e. The van der Waals surface area contributed by atoms with E-state index in [2.05, 4.69) is 22.9 Å². The van der Waals surface area contributed by atoms with Crippen molar-refractivity contribution in [3.63, 3.8) is 0 Å². The summed E-state index contributed by atoms with van der Waals surface area (Å²) in [4.78, 5) is 0. The highest BCUT2D eigenvalue weighted by molar-refractivity contribution is 9.10. The Morgan fingerprint density at radius 2 is 1.83 bits per heavy atom. The van der Waals surface area contributed by atoms with E-state index in [1.165, 1.54) is 19.3 Å². The summed E-state index contributed by atoms with van der Waals surface area (Å²) in [5.74, 6) is -1.70. The third-order valence-electron chi connectivity index (χ3n) is 3.08. The Morgan fingerprint density at radius 1 is 1.17 bits per heavy atom. The normalized spacial score (nSPS) is 12.7. The van der Waals surface area contributed by atoms with Crippen molar-refractivity contribution in [1.29, 1.82) is 0 Å². The van der Waals surface area contributed by atoms with Crippen molar-refractivity contribution in [2.45, 2.75) is 51.5 Å². The van der Waals surface area contributed by atoms with Gasteiger partial charge in [-0.05, 0) is 34.0 Å². The number of rotatable bonds is 7. The Hall–Kier alpha value is -0.480. The van der Waals surface area contributed by atoms with E-state index in [-0.39, 0.29) is 10.5 Å². The van der Waals surface area contributed by atoms with Crippen molar-refractivity contribution >= 4 is 15.9 Å². The third-order valence-corrected chi connectivity index (χ3v) is 3.89. The standard InChI is InChI=1S/C14H20BrF2N/c1-2-3-4-5-6-7-12(18)10-8-9-11(16)14(17)13(10)15/h8-9,12H,2-7,18H2,1H3. The van der Waals surface area contributed by atoms with E-state index >= 15 is 0 Å². The number of hydrogen-bond acceptors (Lipinski definition) is 1. The highest BCUT2D eigenvalue weighted by atomic mass is 79.9. The van der Waals surface area contributed by atoms with Crippen LogP contribution < -0.4 is 5.73 Å². The van der Waals surface area contributed by atoms with Gasteiger partial charge in [0.05, 0.1) is 4.47 Å². The van der Waals surface area contributed by atoms with Crippen molar-refractivity contribution in [2.75, 3.05) is 0 Å². The van der Waals surface area contributed by atoms with Gasteiger partial charge in [-0.3, -0.25) is 0 Å². The van der Waals surface area contributed by atoms with Gasteiger partial charge in [0.15, 0.2) is 11.6 Å². The molecule has 0 fully saturated rings. The van der Waals surface area contributed by atoms with Gasteiger partial charge in [-0.1, -0.05) is 45.1 Å². The summed E-state index contributed by atoms with van der Waals surface area (Å²) in [5.41, 5.74) is 6.65. The molecular weight excluding hydrogens is 300 g/mol. The van der Waals surface area contributed by atoms with E-state index in [4.69, 9.17) is 5.73 Å². The number of benzene rings is 1. The van der Waals surface area contributed by atoms with E-state index in [1.807, 2.05) is 0 Å². The summed E-state index contributed by atoms with van der Waals surface area (Å²) in [5, 5.41) is 0. The van der Waals surface area contributed by atoms with Crippen LogP contribution in [0.4, 0.5) is 8.78 Å². The lowest BCUT2D eigenvalue weighted by Crippen LogP contribution is -2.12. The molecule has 0 amide bonds. The van der Waals surface area contributed by atoms with Gasteiger partial charge in [0, 0.05) is 6.04 Å². The molecule has 0 saturated heterocycles. The first-order chi connectivity index (χ1) is 8.57. The second-order valence-electron chi connectivity index (χ2n) is 4.57. The molecule has 0 heterocycles. The molecule has 0 bridgehead atoms. The Kier molecular flexibility index (Phi) is 6.79. The van der Waals surface area contributed by atoms with Crippen LogP contribution in [-0.2, 0) is 0 Å². The molecule has 4 heteroatoms. The zero-order valence-electron chi connectivity index (χ0n) is 10.7. The highest BCUT2D eigenvalue weighted by Crippen LogP contribution is 2.29. The van der Waals surface area contributed by atoms with E-state index < -0.39 is 11.6 Å². The predicted octanol–water partition coefficient (Wildman–Crippen LogP) is 5.09. The van der Waals surface area contributed by atoms with Crippen molar-refractivity contribution in [1.82, 2.24) is 0 Å². The monoisotopic (exact) mass is 319 g/mol. The zero-order chi connectivity index (χ0) is 13.5. The third kappa shape index (κ3) is 4.32. The van der Waals surface area contributed by atoms with Gasteiger partial charge >= 0.3 is 0 Å². The van der Waals surface area contributed by atoms with Crippen LogP contribution in [0.5, 0.6) is 0 Å². The molecule has 0 spiro atoms. The molecule has 0 saturated carbocycles. The Labute approximate surface area is 116 Å². The van der Waals surface area contributed by atoms with Crippen molar-refractivity contribution in [3.8, 4) is 0 Å². The van der Waals surface area contributed by atoms with Gasteiger partial charge in [-0.15, -0.1) is 0 Å². The molecule has 0 aromatic heterocycles. The highest BCUT2D eigenvalue weighted by Gasteiger charge is 2.15. The Bertz CT molecular complexity index is 382. The minimum atomic E-state index is -0.853. The number of nitrogens with two attached hydrogens (primary N) is 1. The largest absolute Gasteiger partial charge is 0.324 e. The fraction of sp³-hybridized carbons (Fsp3) is 0.571. The lowest BCUT2D eigenvalue weighted by molar-refractivity contribution is 0.496. The molecule has 0 aliphatic rings. The van der Waals surface area contributed by atoms with Crippen LogP contribution in [0.15, 0.2) is 16.6 Å². The summed E-state index contributed by atoms with van der Waals surface area (Å²) in [6.07, 6.45) is 6.62. The molecule has 1 rings (SSSR count). The lowest BCUT2D eigenvalue weighted by Gasteiger charge is -2.14. The molecule has 18 heavy (non-hydrogen) atoms. The molecule has 102 valence electrons. The van der Waals surface area contributed by atoms with Crippen LogP contribution in [0.1, 0.15) is 57.1 Å². The molecule has 0 aliphatic carbocycles. The van der Waals surface area contributed by atoms with Crippen molar-refractivity contribution in [2.24, 2.45) is 5.73 Å². The number of halogens is 3. The van der Waals surface area contributed by atoms with Crippen LogP contribution in [0.25, 0.3) is 0 Å².